The van der Waals surface area contributed by atoms with Crippen molar-refractivity contribution in [3.05, 3.63) is 137 Å². The van der Waals surface area contributed by atoms with Gasteiger partial charge >= 0.3 is 0 Å². The number of hydrogen-bond donors (Lipinski definition) is 1. The molecule has 7 rings (SSSR count). The summed E-state index contributed by atoms with van der Waals surface area (Å²) in [6.07, 6.45) is 2.03. The second-order valence-electron chi connectivity index (χ2n) is 11.1. The molecule has 0 aromatic heterocycles. The summed E-state index contributed by atoms with van der Waals surface area (Å²) in [7, 11) is 0. The molecule has 4 atom stereocenters. The topological polar surface area (TPSA) is 66.5 Å². The van der Waals surface area contributed by atoms with E-state index in [-0.39, 0.29) is 23.0 Å². The number of anilines is 2. The third kappa shape index (κ3) is 3.50. The van der Waals surface area contributed by atoms with Crippen molar-refractivity contribution in [2.24, 2.45) is 5.92 Å². The first kappa shape index (κ1) is 25.1. The number of nitrogens with one attached hydrogen (secondary N) is 1. The quantitative estimate of drug-likeness (QED) is 0.304. The van der Waals surface area contributed by atoms with E-state index in [0.29, 0.717) is 16.8 Å². The van der Waals surface area contributed by atoms with Crippen molar-refractivity contribution in [3.8, 4) is 0 Å². The van der Waals surface area contributed by atoms with Crippen molar-refractivity contribution in [1.29, 1.82) is 0 Å². The SMILES string of the molecule is CC1=CC2N(c3ccc(C)cc31)C(C(=O)c1ccccc1)C(C(=O)c1ccc(F)cc1)C21C(=O)Nc2ccccc21. The van der Waals surface area contributed by atoms with Gasteiger partial charge in [-0.2, -0.15) is 0 Å². The molecule has 1 amide bonds. The number of fused-ring (bicyclic) bond motifs is 6. The number of allylic oxidation sites excluding steroid dienone is 1. The number of aryl methyl sites for hydroxylation is 1. The first-order valence-electron chi connectivity index (χ1n) is 13.7. The Bertz CT molecular complexity index is 1780. The van der Waals surface area contributed by atoms with E-state index in [1.807, 2.05) is 67.3 Å². The Morgan fingerprint density at radius 3 is 2.27 bits per heavy atom. The van der Waals surface area contributed by atoms with E-state index in [4.69, 9.17) is 0 Å². The van der Waals surface area contributed by atoms with E-state index in [2.05, 4.69) is 11.4 Å². The molecule has 1 N–H and O–H groups in total. The summed E-state index contributed by atoms with van der Waals surface area (Å²) in [6.45, 7) is 4.02. The lowest BCUT2D eigenvalue weighted by atomic mass is 9.64. The molecule has 41 heavy (non-hydrogen) atoms. The molecule has 5 nitrogen and oxygen atoms in total. The zero-order valence-corrected chi connectivity index (χ0v) is 22.6. The Hall–Kier alpha value is -4.84. The summed E-state index contributed by atoms with van der Waals surface area (Å²) >= 11 is 0. The first-order valence-corrected chi connectivity index (χ1v) is 13.7. The lowest BCUT2D eigenvalue weighted by Gasteiger charge is -2.39. The fourth-order valence-corrected chi connectivity index (χ4v) is 7.11. The van der Waals surface area contributed by atoms with Gasteiger partial charge in [-0.15, -0.1) is 0 Å². The number of rotatable bonds is 4. The average molecular weight is 543 g/mol. The van der Waals surface area contributed by atoms with Crippen molar-refractivity contribution in [3.63, 3.8) is 0 Å². The van der Waals surface area contributed by atoms with E-state index in [1.165, 1.54) is 24.3 Å². The summed E-state index contributed by atoms with van der Waals surface area (Å²) in [5, 5.41) is 3.04. The van der Waals surface area contributed by atoms with Gasteiger partial charge in [0.25, 0.3) is 0 Å². The highest BCUT2D eigenvalue weighted by atomic mass is 19.1. The Morgan fingerprint density at radius 1 is 0.829 bits per heavy atom. The van der Waals surface area contributed by atoms with E-state index in [0.717, 1.165) is 22.4 Å². The lowest BCUT2D eigenvalue weighted by molar-refractivity contribution is -0.121. The smallest absolute Gasteiger partial charge is 0.238 e. The molecule has 4 aromatic carbocycles. The molecule has 6 heteroatoms. The average Bonchev–Trinajstić information content (AvgIpc) is 3.45. The van der Waals surface area contributed by atoms with Gasteiger partial charge in [0.15, 0.2) is 11.6 Å². The molecule has 202 valence electrons. The molecule has 3 heterocycles. The summed E-state index contributed by atoms with van der Waals surface area (Å²) in [4.78, 5) is 45.7. The van der Waals surface area contributed by atoms with Crippen LogP contribution in [-0.4, -0.2) is 29.6 Å². The van der Waals surface area contributed by atoms with E-state index < -0.39 is 29.2 Å². The van der Waals surface area contributed by atoms with Crippen molar-refractivity contribution in [1.82, 2.24) is 0 Å². The normalized spacial score (nSPS) is 23.9. The highest BCUT2D eigenvalue weighted by Crippen LogP contribution is 2.58. The monoisotopic (exact) mass is 542 g/mol. The van der Waals surface area contributed by atoms with Crippen LogP contribution < -0.4 is 10.2 Å². The summed E-state index contributed by atoms with van der Waals surface area (Å²) in [6, 6.07) is 26.1. The number of para-hydroxylation sites is 1. The second kappa shape index (κ2) is 9.10. The predicted molar refractivity (Wildman–Crippen MR) is 157 cm³/mol. The molecule has 3 aliphatic heterocycles. The Morgan fingerprint density at radius 2 is 1.51 bits per heavy atom. The van der Waals surface area contributed by atoms with Crippen LogP contribution in [0.25, 0.3) is 5.57 Å². The van der Waals surface area contributed by atoms with Crippen LogP contribution >= 0.6 is 0 Å². The molecule has 1 spiro atoms. The van der Waals surface area contributed by atoms with E-state index in [1.54, 1.807) is 24.3 Å². The number of halogens is 1. The van der Waals surface area contributed by atoms with Crippen molar-refractivity contribution in [2.45, 2.75) is 31.3 Å². The standard InChI is InChI=1S/C35H27FN2O3/c1-20-12-17-28-25(18-20)21(2)19-29-35(26-10-6-7-11-27(26)37-34(35)41)30(32(39)23-13-15-24(36)16-14-23)31(38(28)29)33(40)22-8-4-3-5-9-22/h3-19,29-31H,1-2H3,(H,37,41). The number of Topliss-reactive ketones (excluding diaryl/α,β-unsaturated/α-hetero) is 2. The number of hydrogen-bond acceptors (Lipinski definition) is 4. The first-order chi connectivity index (χ1) is 19.8. The molecule has 0 bridgehead atoms. The van der Waals surface area contributed by atoms with E-state index in [9.17, 15) is 18.8 Å². The maximum atomic E-state index is 14.7. The molecule has 3 aliphatic rings. The molecule has 0 saturated carbocycles. The van der Waals surface area contributed by atoms with Crippen LogP contribution in [0, 0.1) is 18.7 Å². The Labute approximate surface area is 237 Å². The number of benzene rings is 4. The van der Waals surface area contributed by atoms with Gasteiger partial charge in [-0.3, -0.25) is 14.4 Å². The molecule has 1 saturated heterocycles. The fraction of sp³-hybridized carbons (Fsp3) is 0.171. The summed E-state index contributed by atoms with van der Waals surface area (Å²) < 4.78 is 13.9. The van der Waals surface area contributed by atoms with Crippen LogP contribution in [0.4, 0.5) is 15.8 Å². The van der Waals surface area contributed by atoms with Crippen molar-refractivity contribution >= 4 is 34.4 Å². The van der Waals surface area contributed by atoms with Gasteiger partial charge in [0.1, 0.15) is 17.3 Å². The highest BCUT2D eigenvalue weighted by molar-refractivity contribution is 6.18. The van der Waals surface area contributed by atoms with Crippen LogP contribution in [0.1, 0.15) is 44.3 Å². The van der Waals surface area contributed by atoms with Crippen LogP contribution in [-0.2, 0) is 10.2 Å². The largest absolute Gasteiger partial charge is 0.352 e. The zero-order valence-electron chi connectivity index (χ0n) is 22.6. The molecule has 0 radical (unpaired) electrons. The predicted octanol–water partition coefficient (Wildman–Crippen LogP) is 6.38. The maximum absolute atomic E-state index is 14.7. The molecule has 4 aromatic rings. The number of carbonyl (C=O) groups excluding carboxylic acids is 3. The molecule has 0 aliphatic carbocycles. The van der Waals surface area contributed by atoms with Crippen LogP contribution in [0.15, 0.2) is 103 Å². The van der Waals surface area contributed by atoms with Gasteiger partial charge in [0.2, 0.25) is 5.91 Å². The molecular formula is C35H27FN2O3. The van der Waals surface area contributed by atoms with Crippen LogP contribution in [0.2, 0.25) is 0 Å². The summed E-state index contributed by atoms with van der Waals surface area (Å²) in [5.41, 5.74) is 4.43. The minimum atomic E-state index is -1.40. The number of ketones is 2. The number of nitrogens with zero attached hydrogens (tertiary/aromatic N) is 1. The van der Waals surface area contributed by atoms with Crippen LogP contribution in [0.3, 0.4) is 0 Å². The van der Waals surface area contributed by atoms with Gasteiger partial charge in [-0.1, -0.05) is 66.2 Å². The Balaban J connectivity index is 1.56. The van der Waals surface area contributed by atoms with Gasteiger partial charge in [0.05, 0.1) is 12.0 Å². The molecule has 4 unspecified atom stereocenters. The maximum Gasteiger partial charge on any atom is 0.238 e. The summed E-state index contributed by atoms with van der Waals surface area (Å²) in [5.74, 6) is -2.50. The number of amides is 1. The van der Waals surface area contributed by atoms with E-state index >= 15 is 0 Å². The van der Waals surface area contributed by atoms with Crippen LogP contribution in [0.5, 0.6) is 0 Å². The van der Waals surface area contributed by atoms with Gasteiger partial charge in [-0.25, -0.2) is 4.39 Å². The van der Waals surface area contributed by atoms with Gasteiger partial charge in [-0.05, 0) is 67.4 Å². The van der Waals surface area contributed by atoms with Crippen molar-refractivity contribution < 1.29 is 18.8 Å². The zero-order chi connectivity index (χ0) is 28.5. The van der Waals surface area contributed by atoms with Crippen molar-refractivity contribution in [2.75, 3.05) is 10.2 Å². The Kier molecular flexibility index (Phi) is 5.58. The molecular weight excluding hydrogens is 515 g/mol. The fourth-order valence-electron chi connectivity index (χ4n) is 7.11. The minimum absolute atomic E-state index is 0.246. The number of carbonyl (C=O) groups is 3. The third-order valence-electron chi connectivity index (χ3n) is 8.87. The lowest BCUT2D eigenvalue weighted by Crippen LogP contribution is -2.51. The second-order valence-corrected chi connectivity index (χ2v) is 11.1. The third-order valence-corrected chi connectivity index (χ3v) is 8.87. The van der Waals surface area contributed by atoms with Gasteiger partial charge in [0, 0.05) is 28.1 Å². The highest BCUT2D eigenvalue weighted by Gasteiger charge is 2.70. The molecule has 1 fully saturated rings. The van der Waals surface area contributed by atoms with Gasteiger partial charge < -0.3 is 10.2 Å². The minimum Gasteiger partial charge on any atom is -0.352 e.